The standard InChI is InChI=1S/C20H21N3O3S/c1-13-11-23(12-17(26-13)14-6-4-3-5-7-14)20(24)22-19-21-16-9-8-15(25-2)10-18(16)27-19/h3-10,13,17H,11-12H2,1-2H3,(H,21,22,24)/t13-,17+/m1/s1. The molecule has 2 atom stereocenters. The van der Waals surface area contributed by atoms with Crippen LogP contribution in [0.2, 0.25) is 0 Å². The Morgan fingerprint density at radius 3 is 2.85 bits per heavy atom. The zero-order chi connectivity index (χ0) is 18.8. The molecule has 0 spiro atoms. The second-order valence-electron chi connectivity index (χ2n) is 6.53. The molecule has 7 heteroatoms. The summed E-state index contributed by atoms with van der Waals surface area (Å²) in [6, 6.07) is 15.5. The molecule has 1 aliphatic rings. The maximum Gasteiger partial charge on any atom is 0.323 e. The maximum absolute atomic E-state index is 12.8. The van der Waals surface area contributed by atoms with Crippen LogP contribution in [0.4, 0.5) is 9.93 Å². The molecule has 0 saturated carbocycles. The lowest BCUT2D eigenvalue weighted by atomic mass is 10.1. The molecular weight excluding hydrogens is 362 g/mol. The van der Waals surface area contributed by atoms with Gasteiger partial charge >= 0.3 is 6.03 Å². The van der Waals surface area contributed by atoms with Crippen molar-refractivity contribution in [3.8, 4) is 5.75 Å². The summed E-state index contributed by atoms with van der Waals surface area (Å²) in [4.78, 5) is 19.1. The lowest BCUT2D eigenvalue weighted by Gasteiger charge is -2.36. The van der Waals surface area contributed by atoms with Crippen LogP contribution in [0.5, 0.6) is 5.75 Å². The van der Waals surface area contributed by atoms with Gasteiger partial charge in [-0.1, -0.05) is 41.7 Å². The summed E-state index contributed by atoms with van der Waals surface area (Å²) in [6.07, 6.45) is -0.158. The zero-order valence-corrected chi connectivity index (χ0v) is 16.0. The number of carbonyl (C=O) groups excluding carboxylic acids is 1. The Bertz CT molecular complexity index is 944. The second-order valence-corrected chi connectivity index (χ2v) is 7.56. The fourth-order valence-corrected chi connectivity index (χ4v) is 4.11. The summed E-state index contributed by atoms with van der Waals surface area (Å²) in [5.74, 6) is 0.775. The van der Waals surface area contributed by atoms with Gasteiger partial charge in [-0.05, 0) is 30.7 Å². The normalized spacial score (nSPS) is 19.9. The average molecular weight is 383 g/mol. The van der Waals surface area contributed by atoms with E-state index in [1.165, 1.54) is 11.3 Å². The number of morpholine rings is 1. The van der Waals surface area contributed by atoms with Gasteiger partial charge in [0.25, 0.3) is 0 Å². The molecule has 1 fully saturated rings. The van der Waals surface area contributed by atoms with Gasteiger partial charge in [0.05, 0.1) is 30.0 Å². The van der Waals surface area contributed by atoms with Gasteiger partial charge in [0.1, 0.15) is 11.9 Å². The van der Waals surface area contributed by atoms with Crippen LogP contribution >= 0.6 is 11.3 Å². The number of amides is 2. The Balaban J connectivity index is 1.48. The molecule has 1 aliphatic heterocycles. The number of aromatic nitrogens is 1. The predicted octanol–water partition coefficient (Wildman–Crippen LogP) is 4.30. The Kier molecular flexibility index (Phi) is 4.96. The number of rotatable bonds is 3. The third-order valence-corrected chi connectivity index (χ3v) is 5.46. The van der Waals surface area contributed by atoms with Crippen LogP contribution in [0.25, 0.3) is 10.2 Å². The number of hydrogen-bond acceptors (Lipinski definition) is 5. The van der Waals surface area contributed by atoms with Gasteiger partial charge in [0.2, 0.25) is 0 Å². The molecule has 6 nitrogen and oxygen atoms in total. The fourth-order valence-electron chi connectivity index (χ4n) is 3.22. The highest BCUT2D eigenvalue weighted by Crippen LogP contribution is 2.30. The number of urea groups is 1. The van der Waals surface area contributed by atoms with Crippen molar-refractivity contribution < 1.29 is 14.3 Å². The van der Waals surface area contributed by atoms with E-state index < -0.39 is 0 Å². The monoisotopic (exact) mass is 383 g/mol. The first-order valence-electron chi connectivity index (χ1n) is 8.83. The first-order valence-corrected chi connectivity index (χ1v) is 9.65. The number of ether oxygens (including phenoxy) is 2. The quantitative estimate of drug-likeness (QED) is 0.732. The van der Waals surface area contributed by atoms with Crippen molar-refractivity contribution >= 4 is 32.7 Å². The van der Waals surface area contributed by atoms with Crippen molar-refractivity contribution in [2.75, 3.05) is 25.5 Å². The van der Waals surface area contributed by atoms with Crippen molar-refractivity contribution in [2.24, 2.45) is 0 Å². The highest BCUT2D eigenvalue weighted by molar-refractivity contribution is 7.22. The number of benzene rings is 2. The maximum atomic E-state index is 12.8. The van der Waals surface area contributed by atoms with Gasteiger partial charge in [-0.25, -0.2) is 9.78 Å². The first-order chi connectivity index (χ1) is 13.1. The molecule has 4 rings (SSSR count). The summed E-state index contributed by atoms with van der Waals surface area (Å²) in [7, 11) is 1.63. The average Bonchev–Trinajstić information content (AvgIpc) is 3.09. The van der Waals surface area contributed by atoms with Crippen molar-refractivity contribution in [1.29, 1.82) is 0 Å². The number of hydrogen-bond donors (Lipinski definition) is 1. The lowest BCUT2D eigenvalue weighted by molar-refractivity contribution is -0.0642. The van der Waals surface area contributed by atoms with E-state index in [9.17, 15) is 4.79 Å². The Labute approximate surface area is 161 Å². The molecule has 1 N–H and O–H groups in total. The summed E-state index contributed by atoms with van der Waals surface area (Å²) < 4.78 is 12.2. The molecule has 2 heterocycles. The largest absolute Gasteiger partial charge is 0.497 e. The van der Waals surface area contributed by atoms with Crippen LogP contribution < -0.4 is 10.1 Å². The first kappa shape index (κ1) is 17.8. The Morgan fingerprint density at radius 1 is 1.26 bits per heavy atom. The predicted molar refractivity (Wildman–Crippen MR) is 106 cm³/mol. The van der Waals surface area contributed by atoms with Gasteiger partial charge < -0.3 is 14.4 Å². The summed E-state index contributed by atoms with van der Waals surface area (Å²) in [5, 5.41) is 3.51. The third kappa shape index (κ3) is 3.89. The van der Waals surface area contributed by atoms with Crippen LogP contribution in [0.3, 0.4) is 0 Å². The molecule has 1 aromatic heterocycles. The van der Waals surface area contributed by atoms with Gasteiger partial charge in [0.15, 0.2) is 5.13 Å². The number of nitrogens with zero attached hydrogens (tertiary/aromatic N) is 2. The van der Waals surface area contributed by atoms with Crippen LogP contribution in [-0.4, -0.2) is 42.2 Å². The van der Waals surface area contributed by atoms with Gasteiger partial charge in [-0.15, -0.1) is 0 Å². The topological polar surface area (TPSA) is 63.7 Å². The SMILES string of the molecule is COc1ccc2nc(NC(=O)N3C[C@@H](C)O[C@H](c4ccccc4)C3)sc2c1. The summed E-state index contributed by atoms with van der Waals surface area (Å²) >= 11 is 1.44. The zero-order valence-electron chi connectivity index (χ0n) is 15.2. The highest BCUT2D eigenvalue weighted by Gasteiger charge is 2.29. The minimum Gasteiger partial charge on any atom is -0.497 e. The molecule has 27 heavy (non-hydrogen) atoms. The Hall–Kier alpha value is -2.64. The number of methoxy groups -OCH3 is 1. The molecular formula is C20H21N3O3S. The lowest BCUT2D eigenvalue weighted by Crippen LogP contribution is -2.47. The van der Waals surface area contributed by atoms with E-state index in [0.717, 1.165) is 21.5 Å². The molecule has 0 aliphatic carbocycles. The van der Waals surface area contributed by atoms with Crippen LogP contribution in [0.1, 0.15) is 18.6 Å². The van der Waals surface area contributed by atoms with E-state index in [0.29, 0.717) is 18.2 Å². The fraction of sp³-hybridized carbons (Fsp3) is 0.300. The van der Waals surface area contributed by atoms with E-state index in [1.54, 1.807) is 12.0 Å². The van der Waals surface area contributed by atoms with Crippen molar-refractivity contribution in [2.45, 2.75) is 19.1 Å². The number of fused-ring (bicyclic) bond motifs is 1. The molecule has 3 aromatic rings. The number of nitrogens with one attached hydrogen (secondary N) is 1. The highest BCUT2D eigenvalue weighted by atomic mass is 32.1. The Morgan fingerprint density at radius 2 is 2.07 bits per heavy atom. The van der Waals surface area contributed by atoms with Crippen LogP contribution in [0, 0.1) is 0 Å². The molecule has 140 valence electrons. The van der Waals surface area contributed by atoms with Crippen molar-refractivity contribution in [3.05, 3.63) is 54.1 Å². The van der Waals surface area contributed by atoms with E-state index in [2.05, 4.69) is 10.3 Å². The number of anilines is 1. The molecule has 1 saturated heterocycles. The van der Waals surface area contributed by atoms with Gasteiger partial charge in [0, 0.05) is 6.54 Å². The molecule has 0 bridgehead atoms. The molecule has 0 radical (unpaired) electrons. The van der Waals surface area contributed by atoms with E-state index in [-0.39, 0.29) is 18.2 Å². The number of thiazole rings is 1. The van der Waals surface area contributed by atoms with Crippen molar-refractivity contribution in [3.63, 3.8) is 0 Å². The van der Waals surface area contributed by atoms with Gasteiger partial charge in [-0.3, -0.25) is 5.32 Å². The molecule has 0 unspecified atom stereocenters. The number of carbonyl (C=O) groups is 1. The van der Waals surface area contributed by atoms with Crippen LogP contribution in [-0.2, 0) is 4.74 Å². The van der Waals surface area contributed by atoms with E-state index >= 15 is 0 Å². The minimum absolute atomic E-state index is 0.0330. The second kappa shape index (κ2) is 7.54. The van der Waals surface area contributed by atoms with Crippen LogP contribution in [0.15, 0.2) is 48.5 Å². The minimum atomic E-state index is -0.155. The summed E-state index contributed by atoms with van der Waals surface area (Å²) in [6.45, 7) is 3.05. The smallest absolute Gasteiger partial charge is 0.323 e. The van der Waals surface area contributed by atoms with Crippen molar-refractivity contribution in [1.82, 2.24) is 9.88 Å². The summed E-state index contributed by atoms with van der Waals surface area (Å²) in [5.41, 5.74) is 1.92. The molecule has 2 amide bonds. The van der Waals surface area contributed by atoms with Gasteiger partial charge in [-0.2, -0.15) is 0 Å². The molecule has 2 aromatic carbocycles. The third-order valence-electron chi connectivity index (χ3n) is 4.53. The van der Waals surface area contributed by atoms with E-state index in [4.69, 9.17) is 9.47 Å². The van der Waals surface area contributed by atoms with E-state index in [1.807, 2.05) is 55.5 Å².